The van der Waals surface area contributed by atoms with Crippen LogP contribution >= 0.6 is 0 Å². The molecule has 0 bridgehead atoms. The van der Waals surface area contributed by atoms with Crippen LogP contribution in [0.15, 0.2) is 41.3 Å². The molecular weight excluding hydrogens is 393 g/mol. The molecule has 2 aromatic carbocycles. The smallest absolute Gasteiger partial charge is 0.243 e. The first kappa shape index (κ1) is 20.3. The van der Waals surface area contributed by atoms with Crippen molar-refractivity contribution in [3.05, 3.63) is 59.4 Å². The van der Waals surface area contributed by atoms with E-state index in [0.717, 1.165) is 11.6 Å². The molecule has 2 aromatic rings. The summed E-state index contributed by atoms with van der Waals surface area (Å²) in [5.74, 6) is -5.91. The molecule has 1 fully saturated rings. The van der Waals surface area contributed by atoms with Gasteiger partial charge in [0.15, 0.2) is 17.5 Å². The fourth-order valence-electron chi connectivity index (χ4n) is 3.09. The monoisotopic (exact) mass is 412 g/mol. The quantitative estimate of drug-likeness (QED) is 0.783. The molecule has 0 unspecified atom stereocenters. The van der Waals surface area contributed by atoms with Crippen LogP contribution in [0.3, 0.4) is 0 Å². The molecule has 0 aromatic heterocycles. The molecule has 1 atom stereocenters. The summed E-state index contributed by atoms with van der Waals surface area (Å²) in [5, 5.41) is 2.23. The summed E-state index contributed by atoms with van der Waals surface area (Å²) in [6.07, 6.45) is 0.848. The second kappa shape index (κ2) is 7.92. The lowest BCUT2D eigenvalue weighted by atomic mass is 9.98. The molecule has 5 nitrogen and oxygen atoms in total. The average molecular weight is 412 g/mol. The number of anilines is 1. The molecule has 1 N–H and O–H groups in total. The topological polar surface area (TPSA) is 66.5 Å². The predicted molar refractivity (Wildman–Crippen MR) is 97.6 cm³/mol. The SMILES string of the molecule is Cc1ccc(S(=O)(=O)N2CCC[C@H](C(=O)Nc3ccc(F)c(F)c3F)C2)cc1. The molecule has 9 heteroatoms. The Bertz CT molecular complexity index is 994. The molecule has 0 aliphatic carbocycles. The summed E-state index contributed by atoms with van der Waals surface area (Å²) < 4.78 is 66.9. The number of benzene rings is 2. The molecule has 28 heavy (non-hydrogen) atoms. The molecule has 1 amide bonds. The van der Waals surface area contributed by atoms with Crippen molar-refractivity contribution in [2.24, 2.45) is 5.92 Å². The Morgan fingerprint density at radius 2 is 1.75 bits per heavy atom. The Labute approximate surface area is 161 Å². The van der Waals surface area contributed by atoms with Crippen LogP contribution in [0.4, 0.5) is 18.9 Å². The van der Waals surface area contributed by atoms with E-state index in [4.69, 9.17) is 0 Å². The number of hydrogen-bond donors (Lipinski definition) is 1. The van der Waals surface area contributed by atoms with Gasteiger partial charge in [0.2, 0.25) is 15.9 Å². The Hall–Kier alpha value is -2.39. The highest BCUT2D eigenvalue weighted by molar-refractivity contribution is 7.89. The van der Waals surface area contributed by atoms with Gasteiger partial charge in [0.05, 0.1) is 16.5 Å². The van der Waals surface area contributed by atoms with Crippen LogP contribution in [0.25, 0.3) is 0 Å². The van der Waals surface area contributed by atoms with E-state index >= 15 is 0 Å². The number of aryl methyl sites for hydroxylation is 1. The first-order valence-corrected chi connectivity index (χ1v) is 10.2. The zero-order valence-corrected chi connectivity index (χ0v) is 15.9. The molecule has 0 saturated carbocycles. The van der Waals surface area contributed by atoms with E-state index in [1.807, 2.05) is 6.92 Å². The summed E-state index contributed by atoms with van der Waals surface area (Å²) in [6, 6.07) is 8.02. The fraction of sp³-hybridized carbons (Fsp3) is 0.316. The maximum absolute atomic E-state index is 13.8. The first-order valence-electron chi connectivity index (χ1n) is 8.71. The number of piperidine rings is 1. The molecule has 0 radical (unpaired) electrons. The van der Waals surface area contributed by atoms with Gasteiger partial charge in [-0.3, -0.25) is 4.79 Å². The van der Waals surface area contributed by atoms with Gasteiger partial charge in [-0.2, -0.15) is 4.31 Å². The third-order valence-electron chi connectivity index (χ3n) is 4.71. The number of halogens is 3. The number of carbonyl (C=O) groups excluding carboxylic acids is 1. The van der Waals surface area contributed by atoms with Gasteiger partial charge in [0.25, 0.3) is 0 Å². The Balaban J connectivity index is 1.75. The minimum absolute atomic E-state index is 0.0761. The molecule has 3 rings (SSSR count). The van der Waals surface area contributed by atoms with Crippen molar-refractivity contribution in [3.63, 3.8) is 0 Å². The minimum Gasteiger partial charge on any atom is -0.323 e. The maximum atomic E-state index is 13.8. The van der Waals surface area contributed by atoms with Crippen LogP contribution in [-0.2, 0) is 14.8 Å². The van der Waals surface area contributed by atoms with Crippen molar-refractivity contribution in [3.8, 4) is 0 Å². The normalized spacial score (nSPS) is 18.1. The van der Waals surface area contributed by atoms with Crippen molar-refractivity contribution in [2.45, 2.75) is 24.7 Å². The molecule has 1 aliphatic rings. The zero-order valence-electron chi connectivity index (χ0n) is 15.1. The van der Waals surface area contributed by atoms with E-state index in [9.17, 15) is 26.4 Å². The van der Waals surface area contributed by atoms with Gasteiger partial charge < -0.3 is 5.32 Å². The Morgan fingerprint density at radius 1 is 1.07 bits per heavy atom. The molecule has 0 spiro atoms. The number of rotatable bonds is 4. The minimum atomic E-state index is -3.77. The highest BCUT2D eigenvalue weighted by atomic mass is 32.2. The third-order valence-corrected chi connectivity index (χ3v) is 6.59. The first-order chi connectivity index (χ1) is 13.2. The van der Waals surface area contributed by atoms with Crippen LogP contribution in [0.2, 0.25) is 0 Å². The summed E-state index contributed by atoms with van der Waals surface area (Å²) in [4.78, 5) is 12.6. The number of amides is 1. The number of nitrogens with zero attached hydrogens (tertiary/aromatic N) is 1. The lowest BCUT2D eigenvalue weighted by molar-refractivity contribution is -0.120. The summed E-state index contributed by atoms with van der Waals surface area (Å²) in [5.41, 5.74) is 0.436. The Kier molecular flexibility index (Phi) is 5.76. The highest BCUT2D eigenvalue weighted by Crippen LogP contribution is 2.26. The van der Waals surface area contributed by atoms with Gasteiger partial charge in [-0.15, -0.1) is 0 Å². The fourth-order valence-corrected chi connectivity index (χ4v) is 4.62. The number of carbonyl (C=O) groups is 1. The van der Waals surface area contributed by atoms with Crippen molar-refractivity contribution < 1.29 is 26.4 Å². The van der Waals surface area contributed by atoms with E-state index < -0.39 is 45.0 Å². The maximum Gasteiger partial charge on any atom is 0.243 e. The van der Waals surface area contributed by atoms with E-state index in [0.29, 0.717) is 18.9 Å². The molecule has 1 saturated heterocycles. The standard InChI is InChI=1S/C19H19F3N2O3S/c1-12-4-6-14(7-5-12)28(26,27)24-10-2-3-13(11-24)19(25)23-16-9-8-15(20)17(21)18(16)22/h4-9,13H,2-3,10-11H2,1H3,(H,23,25)/t13-/m0/s1. The lowest BCUT2D eigenvalue weighted by Gasteiger charge is -2.31. The van der Waals surface area contributed by atoms with Crippen LogP contribution in [0.5, 0.6) is 0 Å². The van der Waals surface area contributed by atoms with E-state index in [-0.39, 0.29) is 18.0 Å². The number of nitrogens with one attached hydrogen (secondary N) is 1. The largest absolute Gasteiger partial charge is 0.323 e. The van der Waals surface area contributed by atoms with Gasteiger partial charge in [0.1, 0.15) is 0 Å². The van der Waals surface area contributed by atoms with E-state index in [1.54, 1.807) is 12.1 Å². The van der Waals surface area contributed by atoms with Gasteiger partial charge in [-0.25, -0.2) is 21.6 Å². The second-order valence-electron chi connectivity index (χ2n) is 6.73. The molecule has 1 heterocycles. The molecule has 150 valence electrons. The van der Waals surface area contributed by atoms with Crippen LogP contribution in [-0.4, -0.2) is 31.7 Å². The van der Waals surface area contributed by atoms with Crippen molar-refractivity contribution in [1.29, 1.82) is 0 Å². The van der Waals surface area contributed by atoms with Crippen molar-refractivity contribution in [1.82, 2.24) is 4.31 Å². The summed E-state index contributed by atoms with van der Waals surface area (Å²) in [6.45, 7) is 2.03. The van der Waals surface area contributed by atoms with E-state index in [1.165, 1.54) is 16.4 Å². The molecule has 1 aliphatic heterocycles. The highest BCUT2D eigenvalue weighted by Gasteiger charge is 2.33. The van der Waals surface area contributed by atoms with Crippen LogP contribution < -0.4 is 5.32 Å². The zero-order chi connectivity index (χ0) is 20.5. The van der Waals surface area contributed by atoms with E-state index in [2.05, 4.69) is 5.32 Å². The van der Waals surface area contributed by atoms with Gasteiger partial charge in [0, 0.05) is 13.1 Å². The van der Waals surface area contributed by atoms with Gasteiger partial charge >= 0.3 is 0 Å². The molecular formula is C19H19F3N2O3S. The Morgan fingerprint density at radius 3 is 2.43 bits per heavy atom. The number of sulfonamides is 1. The third kappa shape index (κ3) is 4.05. The van der Waals surface area contributed by atoms with Gasteiger partial charge in [-0.05, 0) is 44.0 Å². The van der Waals surface area contributed by atoms with Crippen molar-refractivity contribution >= 4 is 21.6 Å². The summed E-state index contributed by atoms with van der Waals surface area (Å²) in [7, 11) is -3.77. The number of hydrogen-bond acceptors (Lipinski definition) is 3. The van der Waals surface area contributed by atoms with Crippen LogP contribution in [0.1, 0.15) is 18.4 Å². The second-order valence-corrected chi connectivity index (χ2v) is 8.67. The van der Waals surface area contributed by atoms with Crippen molar-refractivity contribution in [2.75, 3.05) is 18.4 Å². The average Bonchev–Trinajstić information content (AvgIpc) is 2.69. The lowest BCUT2D eigenvalue weighted by Crippen LogP contribution is -2.43. The van der Waals surface area contributed by atoms with Gasteiger partial charge in [-0.1, -0.05) is 17.7 Å². The predicted octanol–water partition coefficient (Wildman–Crippen LogP) is 3.45. The summed E-state index contributed by atoms with van der Waals surface area (Å²) >= 11 is 0. The van der Waals surface area contributed by atoms with Crippen LogP contribution in [0, 0.1) is 30.3 Å².